The van der Waals surface area contributed by atoms with Gasteiger partial charge in [-0.05, 0) is 36.4 Å². The molecule has 29 heavy (non-hydrogen) atoms. The van der Waals surface area contributed by atoms with Gasteiger partial charge < -0.3 is 9.73 Å². The van der Waals surface area contributed by atoms with E-state index in [0.717, 1.165) is 0 Å². The molecule has 9 heteroatoms. The molecule has 0 aliphatic carbocycles. The SMILES string of the molecule is N#C/C(=C/c1ccc(-c2cccc(Cl)c2Cl)o1)C(=O)Nc1ccc([N+](=O)[O-])cc1. The van der Waals surface area contributed by atoms with Crippen molar-refractivity contribution in [2.75, 3.05) is 5.32 Å². The van der Waals surface area contributed by atoms with Crippen molar-refractivity contribution in [3.63, 3.8) is 0 Å². The van der Waals surface area contributed by atoms with E-state index in [1.807, 2.05) is 0 Å². The van der Waals surface area contributed by atoms with E-state index in [2.05, 4.69) is 5.32 Å². The van der Waals surface area contributed by atoms with Crippen LogP contribution >= 0.6 is 23.2 Å². The Bertz CT molecular complexity index is 1160. The Morgan fingerprint density at radius 2 is 1.86 bits per heavy atom. The molecule has 0 fully saturated rings. The van der Waals surface area contributed by atoms with Gasteiger partial charge in [0, 0.05) is 29.5 Å². The van der Waals surface area contributed by atoms with Gasteiger partial charge in [-0.25, -0.2) is 0 Å². The van der Waals surface area contributed by atoms with Crippen LogP contribution in [0.1, 0.15) is 5.76 Å². The maximum atomic E-state index is 12.3. The second-order valence-corrected chi connectivity index (χ2v) is 6.52. The number of nitriles is 1. The Morgan fingerprint density at radius 3 is 2.52 bits per heavy atom. The molecular weight excluding hydrogens is 417 g/mol. The Hall–Kier alpha value is -3.60. The van der Waals surface area contributed by atoms with Crippen molar-refractivity contribution in [2.24, 2.45) is 0 Å². The van der Waals surface area contributed by atoms with Crippen LogP contribution in [0.3, 0.4) is 0 Å². The van der Waals surface area contributed by atoms with Gasteiger partial charge in [0.2, 0.25) is 0 Å². The first kappa shape index (κ1) is 20.1. The molecule has 1 N–H and O–H groups in total. The lowest BCUT2D eigenvalue weighted by atomic mass is 10.2. The Morgan fingerprint density at radius 1 is 1.14 bits per heavy atom. The number of nitro benzene ring substituents is 1. The van der Waals surface area contributed by atoms with Gasteiger partial charge in [0.15, 0.2) is 0 Å². The number of anilines is 1. The van der Waals surface area contributed by atoms with Gasteiger partial charge in [-0.15, -0.1) is 0 Å². The average molecular weight is 428 g/mol. The van der Waals surface area contributed by atoms with E-state index in [-0.39, 0.29) is 17.0 Å². The van der Waals surface area contributed by atoms with Crippen molar-refractivity contribution < 1.29 is 14.1 Å². The standard InChI is InChI=1S/C20H11Cl2N3O4/c21-17-3-1-2-16(19(17)22)18-9-8-15(29-18)10-12(11-23)20(26)24-13-4-6-14(7-5-13)25(27)28/h1-10H,(H,24,26)/b12-10-. The van der Waals surface area contributed by atoms with Crippen molar-refractivity contribution in [3.05, 3.63) is 86.1 Å². The van der Waals surface area contributed by atoms with Crippen LogP contribution in [0.2, 0.25) is 10.0 Å². The predicted molar refractivity (Wildman–Crippen MR) is 109 cm³/mol. The minimum absolute atomic E-state index is 0.109. The van der Waals surface area contributed by atoms with Crippen LogP contribution in [0.4, 0.5) is 11.4 Å². The molecule has 0 aliphatic rings. The molecule has 1 amide bonds. The van der Waals surface area contributed by atoms with Gasteiger partial charge in [-0.2, -0.15) is 5.26 Å². The normalized spacial score (nSPS) is 11.0. The Balaban J connectivity index is 1.80. The number of rotatable bonds is 5. The Kier molecular flexibility index (Phi) is 5.98. The van der Waals surface area contributed by atoms with E-state index in [0.29, 0.717) is 27.1 Å². The van der Waals surface area contributed by atoms with Crippen LogP contribution < -0.4 is 5.32 Å². The molecule has 2 aromatic carbocycles. The summed E-state index contributed by atoms with van der Waals surface area (Å²) in [6.07, 6.45) is 1.28. The minimum atomic E-state index is -0.680. The van der Waals surface area contributed by atoms with E-state index in [9.17, 15) is 20.2 Å². The molecule has 1 aromatic heterocycles. The van der Waals surface area contributed by atoms with Crippen LogP contribution in [0.15, 0.2) is 64.6 Å². The predicted octanol–water partition coefficient (Wildman–Crippen LogP) is 5.71. The number of nitrogens with zero attached hydrogens (tertiary/aromatic N) is 2. The van der Waals surface area contributed by atoms with Crippen LogP contribution in [0.5, 0.6) is 0 Å². The van der Waals surface area contributed by atoms with Crippen molar-refractivity contribution in [1.82, 2.24) is 0 Å². The largest absolute Gasteiger partial charge is 0.457 e. The summed E-state index contributed by atoms with van der Waals surface area (Å²) in [5.74, 6) is 0.0170. The van der Waals surface area contributed by atoms with Crippen molar-refractivity contribution in [2.45, 2.75) is 0 Å². The number of halogens is 2. The van der Waals surface area contributed by atoms with Gasteiger partial charge in [0.25, 0.3) is 11.6 Å². The quantitative estimate of drug-likeness (QED) is 0.242. The third-order valence-corrected chi connectivity index (χ3v) is 4.65. The lowest BCUT2D eigenvalue weighted by Crippen LogP contribution is -2.13. The number of amides is 1. The summed E-state index contributed by atoms with van der Waals surface area (Å²) in [6.45, 7) is 0. The third kappa shape index (κ3) is 4.63. The molecule has 0 aliphatic heterocycles. The average Bonchev–Trinajstić information content (AvgIpc) is 3.17. The first-order valence-corrected chi connectivity index (χ1v) is 8.86. The zero-order chi connectivity index (χ0) is 21.0. The highest BCUT2D eigenvalue weighted by Gasteiger charge is 2.14. The number of benzene rings is 2. The van der Waals surface area contributed by atoms with Crippen molar-refractivity contribution >= 4 is 46.6 Å². The molecule has 3 aromatic rings. The van der Waals surface area contributed by atoms with E-state index < -0.39 is 10.8 Å². The van der Waals surface area contributed by atoms with Crippen LogP contribution in [0.25, 0.3) is 17.4 Å². The summed E-state index contributed by atoms with van der Waals surface area (Å²) < 4.78 is 5.65. The number of hydrogen-bond donors (Lipinski definition) is 1. The van der Waals surface area contributed by atoms with Crippen LogP contribution in [-0.4, -0.2) is 10.8 Å². The van der Waals surface area contributed by atoms with Gasteiger partial charge in [-0.3, -0.25) is 14.9 Å². The summed E-state index contributed by atoms with van der Waals surface area (Å²) in [5.41, 5.74) is 0.573. The first-order valence-electron chi connectivity index (χ1n) is 8.11. The van der Waals surface area contributed by atoms with Gasteiger partial charge in [-0.1, -0.05) is 29.3 Å². The highest BCUT2D eigenvalue weighted by atomic mass is 35.5. The molecular formula is C20H11Cl2N3O4. The molecule has 0 saturated carbocycles. The first-order chi connectivity index (χ1) is 13.9. The minimum Gasteiger partial charge on any atom is -0.457 e. The third-order valence-electron chi connectivity index (χ3n) is 3.83. The number of carbonyl (C=O) groups excluding carboxylic acids is 1. The van der Waals surface area contributed by atoms with E-state index in [4.69, 9.17) is 27.6 Å². The van der Waals surface area contributed by atoms with E-state index in [1.54, 1.807) is 36.4 Å². The lowest BCUT2D eigenvalue weighted by Gasteiger charge is -2.04. The van der Waals surface area contributed by atoms with Gasteiger partial charge in [0.1, 0.15) is 23.2 Å². The van der Waals surface area contributed by atoms with Crippen molar-refractivity contribution in [1.29, 1.82) is 5.26 Å². The number of hydrogen-bond acceptors (Lipinski definition) is 5. The maximum Gasteiger partial charge on any atom is 0.269 e. The second-order valence-electron chi connectivity index (χ2n) is 5.73. The monoisotopic (exact) mass is 427 g/mol. The van der Waals surface area contributed by atoms with Crippen LogP contribution in [0, 0.1) is 21.4 Å². The molecule has 0 saturated heterocycles. The molecule has 0 radical (unpaired) electrons. The Labute approximate surface area is 174 Å². The fourth-order valence-corrected chi connectivity index (χ4v) is 2.82. The highest BCUT2D eigenvalue weighted by Crippen LogP contribution is 2.34. The summed E-state index contributed by atoms with van der Waals surface area (Å²) in [5, 5.41) is 23.2. The molecule has 7 nitrogen and oxygen atoms in total. The second kappa shape index (κ2) is 8.61. The topological polar surface area (TPSA) is 109 Å². The number of furan rings is 1. The molecule has 1 heterocycles. The molecule has 0 atom stereocenters. The van der Waals surface area contributed by atoms with E-state index in [1.165, 1.54) is 30.3 Å². The van der Waals surface area contributed by atoms with E-state index >= 15 is 0 Å². The molecule has 3 rings (SSSR count). The molecule has 0 spiro atoms. The van der Waals surface area contributed by atoms with Gasteiger partial charge in [0.05, 0.1) is 15.0 Å². The lowest BCUT2D eigenvalue weighted by molar-refractivity contribution is -0.384. The summed E-state index contributed by atoms with van der Waals surface area (Å²) in [7, 11) is 0. The van der Waals surface area contributed by atoms with Crippen LogP contribution in [-0.2, 0) is 4.79 Å². The fourth-order valence-electron chi connectivity index (χ4n) is 2.43. The van der Waals surface area contributed by atoms with Gasteiger partial charge >= 0.3 is 0 Å². The maximum absolute atomic E-state index is 12.3. The smallest absolute Gasteiger partial charge is 0.269 e. The number of non-ortho nitro benzene ring substituents is 1. The summed E-state index contributed by atoms with van der Waals surface area (Å²) in [4.78, 5) is 22.5. The summed E-state index contributed by atoms with van der Waals surface area (Å²) in [6, 6.07) is 15.4. The molecule has 0 unspecified atom stereocenters. The number of nitro groups is 1. The zero-order valence-corrected chi connectivity index (χ0v) is 16.1. The number of carbonyl (C=O) groups is 1. The highest BCUT2D eigenvalue weighted by molar-refractivity contribution is 6.43. The number of nitrogens with one attached hydrogen (secondary N) is 1. The molecule has 0 bridgehead atoms. The fraction of sp³-hybridized carbons (Fsp3) is 0. The molecule has 144 valence electrons. The summed E-state index contributed by atoms with van der Waals surface area (Å²) >= 11 is 12.2. The van der Waals surface area contributed by atoms with Crippen molar-refractivity contribution in [3.8, 4) is 17.4 Å². The zero-order valence-electron chi connectivity index (χ0n) is 14.6.